The van der Waals surface area contributed by atoms with Gasteiger partial charge < -0.3 is 11.1 Å². The average molecular weight is 243 g/mol. The summed E-state index contributed by atoms with van der Waals surface area (Å²) in [6.45, 7) is 5.84. The van der Waals surface area contributed by atoms with E-state index in [2.05, 4.69) is 11.4 Å². The molecule has 1 aromatic rings. The lowest BCUT2D eigenvalue weighted by molar-refractivity contribution is -0.116. The third-order valence-electron chi connectivity index (χ3n) is 2.01. The number of amides is 1. The molecule has 0 aliphatic carbocycles. The molecule has 0 radical (unpaired) electrons. The van der Waals surface area contributed by atoms with Crippen LogP contribution in [-0.2, 0) is 4.79 Å². The molecule has 0 aliphatic rings. The molecule has 3 nitrogen and oxygen atoms in total. The largest absolute Gasteiger partial charge is 0.327 e. The summed E-state index contributed by atoms with van der Waals surface area (Å²) in [5.41, 5.74) is 8.68. The lowest BCUT2D eigenvalue weighted by atomic mass is 10.1. The number of aryl methyl sites for hydroxylation is 2. The highest BCUT2D eigenvalue weighted by atomic mass is 35.5. The summed E-state index contributed by atoms with van der Waals surface area (Å²) in [4.78, 5) is 11.5. The summed E-state index contributed by atoms with van der Waals surface area (Å²) in [5, 5.41) is 2.84. The number of nitrogens with two attached hydrogens (primary N) is 1. The molecule has 0 aliphatic heterocycles. The van der Waals surface area contributed by atoms with Gasteiger partial charge in [0.15, 0.2) is 0 Å². The van der Waals surface area contributed by atoms with E-state index in [9.17, 15) is 4.79 Å². The van der Waals surface area contributed by atoms with E-state index in [1.807, 2.05) is 32.9 Å². The molecule has 1 unspecified atom stereocenters. The van der Waals surface area contributed by atoms with Gasteiger partial charge in [0, 0.05) is 18.2 Å². The Hall–Kier alpha value is -1.06. The van der Waals surface area contributed by atoms with Crippen molar-refractivity contribution in [3.8, 4) is 0 Å². The van der Waals surface area contributed by atoms with Gasteiger partial charge in [0.1, 0.15) is 0 Å². The number of nitrogens with one attached hydrogen (secondary N) is 1. The van der Waals surface area contributed by atoms with Crippen LogP contribution in [0, 0.1) is 13.8 Å². The number of carbonyl (C=O) groups is 1. The van der Waals surface area contributed by atoms with Crippen molar-refractivity contribution in [3.05, 3.63) is 29.3 Å². The first-order chi connectivity index (χ1) is 6.97. The lowest BCUT2D eigenvalue weighted by Gasteiger charge is -2.08. The van der Waals surface area contributed by atoms with Crippen LogP contribution < -0.4 is 11.1 Å². The fourth-order valence-electron chi connectivity index (χ4n) is 1.55. The molecule has 0 heterocycles. The first-order valence-corrected chi connectivity index (χ1v) is 5.11. The number of hydrogen-bond acceptors (Lipinski definition) is 2. The monoisotopic (exact) mass is 242 g/mol. The van der Waals surface area contributed by atoms with Gasteiger partial charge in [-0.15, -0.1) is 12.4 Å². The first kappa shape index (κ1) is 14.9. The highest BCUT2D eigenvalue weighted by Crippen LogP contribution is 2.13. The minimum atomic E-state index is -0.101. The van der Waals surface area contributed by atoms with Gasteiger partial charge >= 0.3 is 0 Å². The standard InChI is InChI=1S/C12H18N2O.ClH/c1-8-4-9(2)6-11(5-8)14-12(15)7-10(3)13;/h4-6,10H,7,13H2,1-3H3,(H,14,15);1H. The molecule has 0 spiro atoms. The summed E-state index contributed by atoms with van der Waals surface area (Å²) in [7, 11) is 0. The summed E-state index contributed by atoms with van der Waals surface area (Å²) in [5.74, 6) is -0.0324. The van der Waals surface area contributed by atoms with Gasteiger partial charge in [0.25, 0.3) is 0 Å². The normalized spacial score (nSPS) is 11.5. The van der Waals surface area contributed by atoms with Gasteiger partial charge in [0.05, 0.1) is 0 Å². The number of benzene rings is 1. The second-order valence-electron chi connectivity index (χ2n) is 4.11. The van der Waals surface area contributed by atoms with Crippen LogP contribution in [0.1, 0.15) is 24.5 Å². The van der Waals surface area contributed by atoms with Gasteiger partial charge in [-0.05, 0) is 44.0 Å². The van der Waals surface area contributed by atoms with Gasteiger partial charge in [-0.25, -0.2) is 0 Å². The third kappa shape index (κ3) is 5.14. The average Bonchev–Trinajstić information content (AvgIpc) is 1.98. The van der Waals surface area contributed by atoms with Crippen LogP contribution in [0.3, 0.4) is 0 Å². The molecule has 90 valence electrons. The van der Waals surface area contributed by atoms with E-state index >= 15 is 0 Å². The Morgan fingerprint density at radius 1 is 1.31 bits per heavy atom. The van der Waals surface area contributed by atoms with Gasteiger partial charge in [-0.2, -0.15) is 0 Å². The second-order valence-corrected chi connectivity index (χ2v) is 4.11. The van der Waals surface area contributed by atoms with Crippen molar-refractivity contribution in [1.82, 2.24) is 0 Å². The quantitative estimate of drug-likeness (QED) is 0.855. The smallest absolute Gasteiger partial charge is 0.225 e. The van der Waals surface area contributed by atoms with Crippen molar-refractivity contribution >= 4 is 24.0 Å². The summed E-state index contributed by atoms with van der Waals surface area (Å²) >= 11 is 0. The highest BCUT2D eigenvalue weighted by molar-refractivity contribution is 5.91. The summed E-state index contributed by atoms with van der Waals surface area (Å²) in [6.07, 6.45) is 0.354. The van der Waals surface area contributed by atoms with E-state index in [4.69, 9.17) is 5.73 Å². The minimum Gasteiger partial charge on any atom is -0.327 e. The Balaban J connectivity index is 0.00000225. The topological polar surface area (TPSA) is 55.1 Å². The van der Waals surface area contributed by atoms with Gasteiger partial charge in [-0.1, -0.05) is 6.07 Å². The van der Waals surface area contributed by atoms with Crippen LogP contribution in [0.4, 0.5) is 5.69 Å². The van der Waals surface area contributed by atoms with Crippen molar-refractivity contribution in [1.29, 1.82) is 0 Å². The summed E-state index contributed by atoms with van der Waals surface area (Å²) in [6, 6.07) is 5.87. The molecule has 1 rings (SSSR count). The van der Waals surface area contributed by atoms with E-state index in [0.717, 1.165) is 16.8 Å². The van der Waals surface area contributed by atoms with E-state index in [1.165, 1.54) is 0 Å². The third-order valence-corrected chi connectivity index (χ3v) is 2.01. The Morgan fingerprint density at radius 2 is 1.81 bits per heavy atom. The maximum atomic E-state index is 11.5. The van der Waals surface area contributed by atoms with E-state index in [1.54, 1.807) is 0 Å². The van der Waals surface area contributed by atoms with Crippen molar-refractivity contribution < 1.29 is 4.79 Å². The van der Waals surface area contributed by atoms with Crippen molar-refractivity contribution in [2.45, 2.75) is 33.2 Å². The maximum absolute atomic E-state index is 11.5. The number of hydrogen-bond donors (Lipinski definition) is 2. The number of anilines is 1. The zero-order valence-corrected chi connectivity index (χ0v) is 10.7. The van der Waals surface area contributed by atoms with E-state index in [-0.39, 0.29) is 24.4 Å². The van der Waals surface area contributed by atoms with Crippen LogP contribution in [0.5, 0.6) is 0 Å². The minimum absolute atomic E-state index is 0. The van der Waals surface area contributed by atoms with E-state index in [0.29, 0.717) is 6.42 Å². The highest BCUT2D eigenvalue weighted by Gasteiger charge is 2.05. The Kier molecular flexibility index (Phi) is 6.08. The molecular weight excluding hydrogens is 224 g/mol. The predicted octanol–water partition coefficient (Wildman–Crippen LogP) is 2.40. The number of carbonyl (C=O) groups excluding carboxylic acids is 1. The molecule has 3 N–H and O–H groups in total. The summed E-state index contributed by atoms with van der Waals surface area (Å²) < 4.78 is 0. The molecule has 1 aromatic carbocycles. The molecule has 0 saturated heterocycles. The van der Waals surface area contributed by atoms with Crippen molar-refractivity contribution in [2.24, 2.45) is 5.73 Å². The Labute approximate surface area is 103 Å². The zero-order chi connectivity index (χ0) is 11.4. The molecule has 0 saturated carbocycles. The van der Waals surface area contributed by atoms with Crippen molar-refractivity contribution in [2.75, 3.05) is 5.32 Å². The predicted molar refractivity (Wildman–Crippen MR) is 70.1 cm³/mol. The second kappa shape index (κ2) is 6.51. The van der Waals surface area contributed by atoms with E-state index < -0.39 is 0 Å². The zero-order valence-electron chi connectivity index (χ0n) is 9.91. The SMILES string of the molecule is Cc1cc(C)cc(NC(=O)CC(C)N)c1.Cl. The molecule has 0 fully saturated rings. The number of halogens is 1. The maximum Gasteiger partial charge on any atom is 0.225 e. The fourth-order valence-corrected chi connectivity index (χ4v) is 1.55. The van der Waals surface area contributed by atoms with Crippen LogP contribution in [0.25, 0.3) is 0 Å². The fraction of sp³-hybridized carbons (Fsp3) is 0.417. The number of rotatable bonds is 3. The first-order valence-electron chi connectivity index (χ1n) is 5.11. The van der Waals surface area contributed by atoms with Gasteiger partial charge in [0.2, 0.25) is 5.91 Å². The molecule has 0 aromatic heterocycles. The Bertz CT molecular complexity index is 344. The van der Waals surface area contributed by atoms with Gasteiger partial charge in [-0.3, -0.25) is 4.79 Å². The molecule has 16 heavy (non-hydrogen) atoms. The van der Waals surface area contributed by atoms with Crippen molar-refractivity contribution in [3.63, 3.8) is 0 Å². The van der Waals surface area contributed by atoms with Crippen LogP contribution in [0.15, 0.2) is 18.2 Å². The molecule has 4 heteroatoms. The lowest BCUT2D eigenvalue weighted by Crippen LogP contribution is -2.24. The molecule has 0 bridgehead atoms. The Morgan fingerprint density at radius 3 is 2.25 bits per heavy atom. The van der Waals surface area contributed by atoms with Crippen LogP contribution in [0.2, 0.25) is 0 Å². The molecule has 1 atom stereocenters. The molecule has 1 amide bonds. The van der Waals surface area contributed by atoms with Crippen LogP contribution in [-0.4, -0.2) is 11.9 Å². The van der Waals surface area contributed by atoms with Crippen LogP contribution >= 0.6 is 12.4 Å². The molecular formula is C12H19ClN2O.